The molecular weight excluding hydrogens is 366 g/mol. The highest BCUT2D eigenvalue weighted by Crippen LogP contribution is 2.57. The quantitative estimate of drug-likeness (QED) is 0.735. The van der Waals surface area contributed by atoms with Crippen LogP contribution < -0.4 is 0 Å². The van der Waals surface area contributed by atoms with Gasteiger partial charge in [-0.2, -0.15) is 0 Å². The lowest BCUT2D eigenvalue weighted by Gasteiger charge is -2.54. The van der Waals surface area contributed by atoms with Gasteiger partial charge in [-0.1, -0.05) is 28.1 Å². The summed E-state index contributed by atoms with van der Waals surface area (Å²) in [6.07, 6.45) is 9.15. The molecule has 3 nitrogen and oxygen atoms in total. The summed E-state index contributed by atoms with van der Waals surface area (Å²) in [5.74, 6) is 3.30. The average molecular weight is 386 g/mol. The minimum Gasteiger partial charge on any atom is -0.435 e. The first-order valence-electron chi connectivity index (χ1n) is 8.88. The molecule has 1 aliphatic heterocycles. The van der Waals surface area contributed by atoms with Gasteiger partial charge in [0.1, 0.15) is 5.76 Å². The van der Waals surface area contributed by atoms with Gasteiger partial charge in [0.25, 0.3) is 5.90 Å². The van der Waals surface area contributed by atoms with Crippen LogP contribution in [0.5, 0.6) is 0 Å². The first kappa shape index (κ1) is 14.9. The maximum absolute atomic E-state index is 12.4. The first-order chi connectivity index (χ1) is 11.6. The lowest BCUT2D eigenvalue weighted by molar-refractivity contribution is -0.109. The van der Waals surface area contributed by atoms with Crippen molar-refractivity contribution < 1.29 is 9.53 Å². The second-order valence-corrected chi connectivity index (χ2v) is 8.96. The summed E-state index contributed by atoms with van der Waals surface area (Å²) in [5, 5.41) is 0. The summed E-state index contributed by atoms with van der Waals surface area (Å²) in [7, 11) is 0. The molecule has 4 fully saturated rings. The molecule has 1 aromatic rings. The molecule has 0 spiro atoms. The van der Waals surface area contributed by atoms with E-state index in [1.54, 1.807) is 6.08 Å². The molecule has 6 rings (SSSR count). The maximum Gasteiger partial charge on any atom is 0.264 e. The van der Waals surface area contributed by atoms with E-state index in [2.05, 4.69) is 15.9 Å². The van der Waals surface area contributed by atoms with Crippen LogP contribution in [0.3, 0.4) is 0 Å². The molecular formula is C20H20BrNO2. The van der Waals surface area contributed by atoms with Crippen molar-refractivity contribution >= 4 is 33.4 Å². The summed E-state index contributed by atoms with van der Waals surface area (Å²) in [5.41, 5.74) is 0.894. The van der Waals surface area contributed by atoms with Crippen LogP contribution in [0.25, 0.3) is 5.76 Å². The van der Waals surface area contributed by atoms with Gasteiger partial charge in [-0.05, 0) is 68.4 Å². The lowest BCUT2D eigenvalue weighted by Crippen LogP contribution is -2.50. The van der Waals surface area contributed by atoms with Crippen molar-refractivity contribution in [3.8, 4) is 0 Å². The normalized spacial score (nSPS) is 38.5. The zero-order valence-corrected chi connectivity index (χ0v) is 15.1. The number of nitrogens with zero attached hydrogens (tertiary/aromatic N) is 1. The van der Waals surface area contributed by atoms with Crippen molar-refractivity contribution in [2.24, 2.45) is 22.7 Å². The Kier molecular flexibility index (Phi) is 3.28. The largest absolute Gasteiger partial charge is 0.435 e. The van der Waals surface area contributed by atoms with Crippen molar-refractivity contribution in [3.05, 3.63) is 40.4 Å². The molecule has 0 N–H and O–H groups in total. The molecule has 4 bridgehead atoms. The third-order valence-corrected chi connectivity index (χ3v) is 6.68. The zero-order chi connectivity index (χ0) is 16.3. The lowest BCUT2D eigenvalue weighted by atomic mass is 9.53. The van der Waals surface area contributed by atoms with E-state index in [4.69, 9.17) is 9.73 Å². The number of halogens is 1. The fourth-order valence-corrected chi connectivity index (χ4v) is 5.88. The Morgan fingerprint density at radius 1 is 1.00 bits per heavy atom. The Labute approximate surface area is 150 Å². The number of carbonyl (C=O) groups is 1. The van der Waals surface area contributed by atoms with E-state index < -0.39 is 0 Å². The van der Waals surface area contributed by atoms with E-state index in [0.717, 1.165) is 47.1 Å². The maximum atomic E-state index is 12.4. The van der Waals surface area contributed by atoms with Crippen molar-refractivity contribution in [1.82, 2.24) is 0 Å². The second kappa shape index (κ2) is 5.29. The molecule has 0 saturated heterocycles. The van der Waals surface area contributed by atoms with Crippen molar-refractivity contribution in [2.75, 3.05) is 0 Å². The average Bonchev–Trinajstić information content (AvgIpc) is 2.87. The fraction of sp³-hybridized carbons (Fsp3) is 0.500. The van der Waals surface area contributed by atoms with Gasteiger partial charge in [0.2, 0.25) is 5.78 Å². The van der Waals surface area contributed by atoms with Crippen LogP contribution in [0.4, 0.5) is 0 Å². The number of aliphatic imine (C=N–C) groups is 1. The Morgan fingerprint density at radius 3 is 2.17 bits per heavy atom. The summed E-state index contributed by atoms with van der Waals surface area (Å²) >= 11 is 3.43. The monoisotopic (exact) mass is 385 g/mol. The van der Waals surface area contributed by atoms with Gasteiger partial charge in [0.05, 0.1) is 5.54 Å². The third kappa shape index (κ3) is 2.46. The molecule has 4 saturated carbocycles. The van der Waals surface area contributed by atoms with E-state index in [1.807, 2.05) is 24.3 Å². The van der Waals surface area contributed by atoms with Gasteiger partial charge < -0.3 is 4.74 Å². The van der Waals surface area contributed by atoms with Crippen LogP contribution in [0, 0.1) is 17.8 Å². The number of rotatable bonds is 2. The molecule has 4 heteroatoms. The molecule has 0 unspecified atom stereocenters. The van der Waals surface area contributed by atoms with Gasteiger partial charge in [-0.25, -0.2) is 4.99 Å². The number of ether oxygens (including phenoxy) is 1. The summed E-state index contributed by atoms with van der Waals surface area (Å²) < 4.78 is 6.90. The molecule has 1 heterocycles. The van der Waals surface area contributed by atoms with Crippen LogP contribution in [-0.4, -0.2) is 17.2 Å². The topological polar surface area (TPSA) is 38.7 Å². The van der Waals surface area contributed by atoms with Crippen molar-refractivity contribution in [3.63, 3.8) is 0 Å². The highest BCUT2D eigenvalue weighted by atomic mass is 79.9. The van der Waals surface area contributed by atoms with Crippen molar-refractivity contribution in [1.29, 1.82) is 0 Å². The molecule has 4 aliphatic carbocycles. The van der Waals surface area contributed by atoms with E-state index >= 15 is 0 Å². The SMILES string of the molecule is O=C1C=C(c2ccc(Br)cc2)OC1=NC12CC3CC(CC(C3)C1)C2. The van der Waals surface area contributed by atoms with Gasteiger partial charge in [-0.15, -0.1) is 0 Å². The molecule has 0 radical (unpaired) electrons. The third-order valence-electron chi connectivity index (χ3n) is 6.15. The predicted molar refractivity (Wildman–Crippen MR) is 96.5 cm³/mol. The van der Waals surface area contributed by atoms with Gasteiger partial charge in [0.15, 0.2) is 0 Å². The second-order valence-electron chi connectivity index (χ2n) is 8.04. The van der Waals surface area contributed by atoms with E-state index in [1.165, 1.54) is 19.3 Å². The summed E-state index contributed by atoms with van der Waals surface area (Å²) in [6.45, 7) is 0. The Bertz CT molecular complexity index is 727. The molecule has 124 valence electrons. The minimum atomic E-state index is -0.0799. The van der Waals surface area contributed by atoms with Crippen LogP contribution >= 0.6 is 15.9 Å². The van der Waals surface area contributed by atoms with Gasteiger partial charge >= 0.3 is 0 Å². The number of hydrogen-bond acceptors (Lipinski definition) is 3. The Morgan fingerprint density at radius 2 is 1.58 bits per heavy atom. The smallest absolute Gasteiger partial charge is 0.264 e. The summed E-state index contributed by atoms with van der Waals surface area (Å²) in [6, 6.07) is 7.82. The van der Waals surface area contributed by atoms with Gasteiger partial charge in [0, 0.05) is 16.1 Å². The molecule has 1 aromatic carbocycles. The summed E-state index contributed by atoms with van der Waals surface area (Å²) in [4.78, 5) is 17.3. The van der Waals surface area contributed by atoms with Crippen LogP contribution in [-0.2, 0) is 9.53 Å². The van der Waals surface area contributed by atoms with Gasteiger partial charge in [-0.3, -0.25) is 4.79 Å². The van der Waals surface area contributed by atoms with E-state index in [-0.39, 0.29) is 11.3 Å². The van der Waals surface area contributed by atoms with E-state index in [0.29, 0.717) is 11.7 Å². The molecule has 24 heavy (non-hydrogen) atoms. The first-order valence-corrected chi connectivity index (χ1v) is 9.68. The minimum absolute atomic E-state index is 0.0251. The molecule has 0 amide bonds. The number of ketones is 1. The molecule has 0 aromatic heterocycles. The number of hydrogen-bond donors (Lipinski definition) is 0. The molecule has 5 aliphatic rings. The van der Waals surface area contributed by atoms with Crippen molar-refractivity contribution in [2.45, 2.75) is 44.1 Å². The number of carbonyl (C=O) groups excluding carboxylic acids is 1. The van der Waals surface area contributed by atoms with E-state index in [9.17, 15) is 4.79 Å². The van der Waals surface area contributed by atoms with Crippen LogP contribution in [0.1, 0.15) is 44.1 Å². The molecule has 0 atom stereocenters. The Balaban J connectivity index is 1.41. The Hall–Kier alpha value is -1.42. The predicted octanol–water partition coefficient (Wildman–Crippen LogP) is 4.76. The standard InChI is InChI=1S/C20H20BrNO2/c21-16-3-1-15(2-4-16)18-8-17(23)19(24-18)22-20-9-12-5-13(10-20)7-14(6-12)11-20/h1-4,8,12-14H,5-7,9-11H2. The highest BCUT2D eigenvalue weighted by Gasteiger charge is 2.51. The highest BCUT2D eigenvalue weighted by molar-refractivity contribution is 9.10. The van der Waals surface area contributed by atoms with Crippen LogP contribution in [0.2, 0.25) is 0 Å². The van der Waals surface area contributed by atoms with Crippen LogP contribution in [0.15, 0.2) is 39.8 Å². The fourth-order valence-electron chi connectivity index (χ4n) is 5.62. The zero-order valence-electron chi connectivity index (χ0n) is 13.5. The number of benzene rings is 1.